The number of aromatic nitrogens is 3. The van der Waals surface area contributed by atoms with Gasteiger partial charge in [-0.05, 0) is 23.6 Å². The molecular weight excluding hydrogens is 318 g/mol. The molecule has 122 valence electrons. The van der Waals surface area contributed by atoms with Crippen molar-refractivity contribution in [2.24, 2.45) is 5.41 Å². The van der Waals surface area contributed by atoms with Gasteiger partial charge in [0.1, 0.15) is 6.33 Å². The third-order valence-electron chi connectivity index (χ3n) is 2.83. The quantitative estimate of drug-likeness (QED) is 0.799. The highest BCUT2D eigenvalue weighted by Gasteiger charge is 2.17. The number of halogens is 1. The first kappa shape index (κ1) is 17.0. The highest BCUT2D eigenvalue weighted by molar-refractivity contribution is 6.34. The molecule has 0 aliphatic rings. The Morgan fingerprint density at radius 1 is 1.26 bits per heavy atom. The topological polar surface area (TPSA) is 99.8 Å². The zero-order chi connectivity index (χ0) is 17.0. The number of amides is 2. The first-order valence-electron chi connectivity index (χ1n) is 7.01. The Hall–Kier alpha value is -2.41. The number of hydrogen-bond acceptors (Lipinski definition) is 4. The van der Waals surface area contributed by atoms with E-state index in [1.54, 1.807) is 12.1 Å². The molecule has 0 saturated carbocycles. The van der Waals surface area contributed by atoms with E-state index in [1.807, 2.05) is 20.8 Å². The van der Waals surface area contributed by atoms with Gasteiger partial charge in [-0.3, -0.25) is 14.9 Å². The number of nitrogens with one attached hydrogen (secondary N) is 3. The van der Waals surface area contributed by atoms with Gasteiger partial charge in [-0.1, -0.05) is 32.4 Å². The van der Waals surface area contributed by atoms with E-state index in [1.165, 1.54) is 12.4 Å². The molecule has 1 heterocycles. The molecule has 0 aliphatic carbocycles. The molecule has 0 bridgehead atoms. The summed E-state index contributed by atoms with van der Waals surface area (Å²) in [7, 11) is 0. The summed E-state index contributed by atoms with van der Waals surface area (Å²) in [6.45, 7) is 5.93. The number of anilines is 2. The van der Waals surface area contributed by atoms with Crippen molar-refractivity contribution in [3.05, 3.63) is 35.1 Å². The Balaban J connectivity index is 2.12. The van der Waals surface area contributed by atoms with Gasteiger partial charge in [-0.2, -0.15) is 10.1 Å². The fourth-order valence-corrected chi connectivity index (χ4v) is 2.11. The molecule has 7 nitrogen and oxygen atoms in total. The standard InChI is InChI=1S/C15H18ClN5O2/c1-15(2,3)7-12(22)19-9-4-5-11(16)10(6-9)13(23)20-14-17-8-18-21-14/h4-6,8H,7H2,1-3H3,(H,19,22)(H2,17,18,20,21,23). The first-order valence-corrected chi connectivity index (χ1v) is 7.38. The van der Waals surface area contributed by atoms with Crippen LogP contribution in [0.15, 0.2) is 24.5 Å². The zero-order valence-corrected chi connectivity index (χ0v) is 13.9. The van der Waals surface area contributed by atoms with Crippen LogP contribution in [-0.2, 0) is 4.79 Å². The number of hydrogen-bond donors (Lipinski definition) is 3. The highest BCUT2D eigenvalue weighted by Crippen LogP contribution is 2.23. The summed E-state index contributed by atoms with van der Waals surface area (Å²) in [5, 5.41) is 11.7. The summed E-state index contributed by atoms with van der Waals surface area (Å²) in [6, 6.07) is 4.73. The average Bonchev–Trinajstić information content (AvgIpc) is 2.91. The lowest BCUT2D eigenvalue weighted by molar-refractivity contribution is -0.117. The van der Waals surface area contributed by atoms with E-state index < -0.39 is 5.91 Å². The molecule has 2 rings (SSSR count). The van der Waals surface area contributed by atoms with Gasteiger partial charge in [0, 0.05) is 12.1 Å². The van der Waals surface area contributed by atoms with Gasteiger partial charge in [0.2, 0.25) is 11.9 Å². The Kier molecular flexibility index (Phi) is 5.00. The highest BCUT2D eigenvalue weighted by atomic mass is 35.5. The minimum absolute atomic E-state index is 0.122. The van der Waals surface area contributed by atoms with Crippen LogP contribution in [0.5, 0.6) is 0 Å². The predicted molar refractivity (Wildman–Crippen MR) is 88.5 cm³/mol. The second-order valence-electron chi connectivity index (χ2n) is 6.27. The maximum absolute atomic E-state index is 12.2. The van der Waals surface area contributed by atoms with E-state index in [-0.39, 0.29) is 27.9 Å². The number of carbonyl (C=O) groups excluding carboxylic acids is 2. The van der Waals surface area contributed by atoms with E-state index in [0.29, 0.717) is 12.1 Å². The van der Waals surface area contributed by atoms with Gasteiger partial charge in [0.15, 0.2) is 0 Å². The minimum atomic E-state index is -0.446. The smallest absolute Gasteiger partial charge is 0.259 e. The second-order valence-corrected chi connectivity index (χ2v) is 6.68. The molecule has 0 unspecified atom stereocenters. The largest absolute Gasteiger partial charge is 0.326 e. The Bertz CT molecular complexity index is 707. The molecule has 0 fully saturated rings. The van der Waals surface area contributed by atoms with Gasteiger partial charge in [0.25, 0.3) is 5.91 Å². The van der Waals surface area contributed by atoms with Gasteiger partial charge >= 0.3 is 0 Å². The van der Waals surface area contributed by atoms with E-state index in [0.717, 1.165) is 0 Å². The second kappa shape index (κ2) is 6.78. The van der Waals surface area contributed by atoms with Crippen molar-refractivity contribution in [3.8, 4) is 0 Å². The Morgan fingerprint density at radius 3 is 2.61 bits per heavy atom. The molecule has 8 heteroatoms. The lowest BCUT2D eigenvalue weighted by Crippen LogP contribution is -2.20. The van der Waals surface area contributed by atoms with Crippen molar-refractivity contribution in [1.82, 2.24) is 15.2 Å². The van der Waals surface area contributed by atoms with Crippen LogP contribution in [0.2, 0.25) is 5.02 Å². The minimum Gasteiger partial charge on any atom is -0.326 e. The van der Waals surface area contributed by atoms with Crippen LogP contribution in [0, 0.1) is 5.41 Å². The van der Waals surface area contributed by atoms with E-state index in [4.69, 9.17) is 11.6 Å². The lowest BCUT2D eigenvalue weighted by atomic mass is 9.92. The molecule has 2 aromatic rings. The number of nitrogens with zero attached hydrogens (tertiary/aromatic N) is 2. The van der Waals surface area contributed by atoms with Crippen molar-refractivity contribution >= 4 is 35.1 Å². The van der Waals surface area contributed by atoms with Crippen LogP contribution in [0.3, 0.4) is 0 Å². The molecule has 0 saturated heterocycles. The molecule has 0 radical (unpaired) electrons. The van der Waals surface area contributed by atoms with Crippen molar-refractivity contribution in [3.63, 3.8) is 0 Å². The molecule has 23 heavy (non-hydrogen) atoms. The zero-order valence-electron chi connectivity index (χ0n) is 13.1. The van der Waals surface area contributed by atoms with Crippen LogP contribution in [0.25, 0.3) is 0 Å². The number of benzene rings is 1. The number of H-pyrrole nitrogens is 1. The molecule has 1 aromatic heterocycles. The summed E-state index contributed by atoms with van der Waals surface area (Å²) in [4.78, 5) is 28.0. The number of carbonyl (C=O) groups is 2. The Morgan fingerprint density at radius 2 is 2.00 bits per heavy atom. The van der Waals surface area contributed by atoms with Crippen LogP contribution < -0.4 is 10.6 Å². The van der Waals surface area contributed by atoms with Gasteiger partial charge in [-0.25, -0.2) is 5.10 Å². The van der Waals surface area contributed by atoms with E-state index in [9.17, 15) is 9.59 Å². The SMILES string of the molecule is CC(C)(C)CC(=O)Nc1ccc(Cl)c(C(=O)Nc2ncn[nH]2)c1. The van der Waals surface area contributed by atoms with Gasteiger partial charge < -0.3 is 5.32 Å². The fourth-order valence-electron chi connectivity index (χ4n) is 1.90. The van der Waals surface area contributed by atoms with Crippen molar-refractivity contribution in [2.45, 2.75) is 27.2 Å². The summed E-state index contributed by atoms with van der Waals surface area (Å²) in [6.07, 6.45) is 1.65. The average molecular weight is 336 g/mol. The normalized spacial score (nSPS) is 11.1. The van der Waals surface area contributed by atoms with Crippen LogP contribution in [0.1, 0.15) is 37.6 Å². The third kappa shape index (κ3) is 5.07. The Labute approximate surface area is 138 Å². The first-order chi connectivity index (χ1) is 10.7. The van der Waals surface area contributed by atoms with Crippen molar-refractivity contribution in [2.75, 3.05) is 10.6 Å². The molecular formula is C15H18ClN5O2. The van der Waals surface area contributed by atoms with Crippen molar-refractivity contribution in [1.29, 1.82) is 0 Å². The summed E-state index contributed by atoms with van der Waals surface area (Å²) in [5.74, 6) is -0.353. The number of aromatic amines is 1. The van der Waals surface area contributed by atoms with Crippen LogP contribution in [0.4, 0.5) is 11.6 Å². The molecule has 0 spiro atoms. The molecule has 2 amide bonds. The molecule has 1 aromatic carbocycles. The van der Waals surface area contributed by atoms with E-state index in [2.05, 4.69) is 25.8 Å². The van der Waals surface area contributed by atoms with Crippen molar-refractivity contribution < 1.29 is 9.59 Å². The maximum atomic E-state index is 12.2. The fraction of sp³-hybridized carbons (Fsp3) is 0.333. The van der Waals surface area contributed by atoms with Crippen LogP contribution in [-0.4, -0.2) is 27.0 Å². The summed E-state index contributed by atoms with van der Waals surface area (Å²) < 4.78 is 0. The van der Waals surface area contributed by atoms with Crippen LogP contribution >= 0.6 is 11.6 Å². The monoisotopic (exact) mass is 335 g/mol. The molecule has 0 aliphatic heterocycles. The number of rotatable bonds is 4. The van der Waals surface area contributed by atoms with E-state index >= 15 is 0 Å². The molecule has 3 N–H and O–H groups in total. The van der Waals surface area contributed by atoms with Gasteiger partial charge in [-0.15, -0.1) is 0 Å². The summed E-state index contributed by atoms with van der Waals surface area (Å²) in [5.41, 5.74) is 0.617. The summed E-state index contributed by atoms with van der Waals surface area (Å²) >= 11 is 6.05. The predicted octanol–water partition coefficient (Wildman–Crippen LogP) is 3.09. The molecule has 0 atom stereocenters. The maximum Gasteiger partial charge on any atom is 0.259 e. The third-order valence-corrected chi connectivity index (χ3v) is 3.16. The van der Waals surface area contributed by atoms with Gasteiger partial charge in [0.05, 0.1) is 10.6 Å². The lowest BCUT2D eigenvalue weighted by Gasteiger charge is -2.17.